The van der Waals surface area contributed by atoms with Crippen LogP contribution >= 0.6 is 0 Å². The van der Waals surface area contributed by atoms with Gasteiger partial charge < -0.3 is 13.9 Å². The van der Waals surface area contributed by atoms with Crippen LogP contribution in [0.25, 0.3) is 0 Å². The number of ether oxygens (including phenoxy) is 2. The van der Waals surface area contributed by atoms with Gasteiger partial charge in [0.1, 0.15) is 18.1 Å². The van der Waals surface area contributed by atoms with Crippen molar-refractivity contribution in [2.45, 2.75) is 52.2 Å². The molecule has 1 rings (SSSR count). The van der Waals surface area contributed by atoms with E-state index in [1.54, 1.807) is 0 Å². The lowest BCUT2D eigenvalue weighted by Crippen LogP contribution is -2.41. The molecule has 21 heavy (non-hydrogen) atoms. The Hall–Kier alpha value is -1.00. The zero-order chi connectivity index (χ0) is 15.9. The van der Waals surface area contributed by atoms with Crippen molar-refractivity contribution in [3.8, 4) is 11.5 Å². The van der Waals surface area contributed by atoms with Gasteiger partial charge in [-0.25, -0.2) is 0 Å². The molecule has 0 heterocycles. The summed E-state index contributed by atoms with van der Waals surface area (Å²) in [5.74, 6) is 1.75. The first kappa shape index (κ1) is 18.0. The summed E-state index contributed by atoms with van der Waals surface area (Å²) in [6.45, 7) is 15.3. The first-order valence-electron chi connectivity index (χ1n) is 7.76. The second-order valence-electron chi connectivity index (χ2n) is 6.78. The average Bonchev–Trinajstić information content (AvgIpc) is 2.41. The van der Waals surface area contributed by atoms with Crippen LogP contribution in [0, 0.1) is 0 Å². The molecule has 0 N–H and O–H groups in total. The Morgan fingerprint density at radius 2 is 1.33 bits per heavy atom. The van der Waals surface area contributed by atoms with E-state index in [1.165, 1.54) is 0 Å². The van der Waals surface area contributed by atoms with E-state index in [0.29, 0.717) is 13.2 Å². The van der Waals surface area contributed by atoms with Crippen LogP contribution in [0.5, 0.6) is 11.5 Å². The number of rotatable bonds is 8. The van der Waals surface area contributed by atoms with Gasteiger partial charge in [0.15, 0.2) is 8.32 Å². The molecule has 0 aliphatic rings. The van der Waals surface area contributed by atoms with E-state index in [9.17, 15) is 0 Å². The molecule has 4 heteroatoms. The fourth-order valence-corrected chi connectivity index (χ4v) is 2.55. The zero-order valence-electron chi connectivity index (χ0n) is 14.4. The summed E-state index contributed by atoms with van der Waals surface area (Å²) in [5, 5.41) is 0.241. The van der Waals surface area contributed by atoms with E-state index in [4.69, 9.17) is 13.9 Å². The first-order chi connectivity index (χ1) is 9.76. The minimum absolute atomic E-state index is 0.241. The van der Waals surface area contributed by atoms with Gasteiger partial charge in [0.05, 0.1) is 13.2 Å². The van der Waals surface area contributed by atoms with E-state index in [-0.39, 0.29) is 5.04 Å². The lowest BCUT2D eigenvalue weighted by molar-refractivity contribution is 0.203. The Kier molecular flexibility index (Phi) is 6.75. The third kappa shape index (κ3) is 6.10. The van der Waals surface area contributed by atoms with Crippen LogP contribution in [-0.2, 0) is 4.43 Å². The van der Waals surface area contributed by atoms with Crippen LogP contribution < -0.4 is 9.47 Å². The van der Waals surface area contributed by atoms with Crippen molar-refractivity contribution in [1.82, 2.24) is 0 Å². The van der Waals surface area contributed by atoms with Gasteiger partial charge in [0.2, 0.25) is 0 Å². The standard InChI is InChI=1S/C17H30O3Si/c1-7-12-18-15-8-10-16(11-9-15)19-13-14-20-21(5,6)17(2,3)4/h8-11H,7,12-14H2,1-6H3. The van der Waals surface area contributed by atoms with E-state index in [1.807, 2.05) is 24.3 Å². The van der Waals surface area contributed by atoms with E-state index >= 15 is 0 Å². The zero-order valence-corrected chi connectivity index (χ0v) is 15.4. The van der Waals surface area contributed by atoms with Crippen molar-refractivity contribution in [1.29, 1.82) is 0 Å². The summed E-state index contributed by atoms with van der Waals surface area (Å²) >= 11 is 0. The summed E-state index contributed by atoms with van der Waals surface area (Å²) in [7, 11) is -1.67. The summed E-state index contributed by atoms with van der Waals surface area (Å²) in [4.78, 5) is 0. The molecule has 0 saturated carbocycles. The molecule has 0 radical (unpaired) electrons. The number of benzene rings is 1. The lowest BCUT2D eigenvalue weighted by Gasteiger charge is -2.36. The smallest absolute Gasteiger partial charge is 0.192 e. The van der Waals surface area contributed by atoms with Crippen LogP contribution in [0.2, 0.25) is 18.1 Å². The van der Waals surface area contributed by atoms with E-state index < -0.39 is 8.32 Å². The molecule has 0 amide bonds. The van der Waals surface area contributed by atoms with Gasteiger partial charge in [-0.1, -0.05) is 27.7 Å². The van der Waals surface area contributed by atoms with Crippen LogP contribution in [0.1, 0.15) is 34.1 Å². The SMILES string of the molecule is CCCOc1ccc(OCCO[Si](C)(C)C(C)(C)C)cc1. The Bertz CT molecular complexity index is 407. The molecule has 0 saturated heterocycles. The van der Waals surface area contributed by atoms with Crippen LogP contribution in [0.15, 0.2) is 24.3 Å². The van der Waals surface area contributed by atoms with Crippen molar-refractivity contribution in [3.05, 3.63) is 24.3 Å². The van der Waals surface area contributed by atoms with Gasteiger partial charge >= 0.3 is 0 Å². The fraction of sp³-hybridized carbons (Fsp3) is 0.647. The number of hydrogen-bond acceptors (Lipinski definition) is 3. The van der Waals surface area contributed by atoms with Crippen molar-refractivity contribution < 1.29 is 13.9 Å². The predicted molar refractivity (Wildman–Crippen MR) is 90.9 cm³/mol. The van der Waals surface area contributed by atoms with Gasteiger partial charge in [-0.2, -0.15) is 0 Å². The van der Waals surface area contributed by atoms with Gasteiger partial charge in [0, 0.05) is 0 Å². The number of hydrogen-bond donors (Lipinski definition) is 0. The highest BCUT2D eigenvalue weighted by atomic mass is 28.4. The molecule has 0 spiro atoms. The second-order valence-corrected chi connectivity index (χ2v) is 11.6. The molecular formula is C17H30O3Si. The Labute approximate surface area is 130 Å². The van der Waals surface area contributed by atoms with E-state index in [0.717, 1.165) is 24.5 Å². The molecule has 1 aromatic carbocycles. The minimum Gasteiger partial charge on any atom is -0.494 e. The molecule has 0 aromatic heterocycles. The molecule has 120 valence electrons. The van der Waals surface area contributed by atoms with Crippen LogP contribution in [0.3, 0.4) is 0 Å². The van der Waals surface area contributed by atoms with Crippen molar-refractivity contribution in [2.24, 2.45) is 0 Å². The van der Waals surface area contributed by atoms with Crippen molar-refractivity contribution in [2.75, 3.05) is 19.8 Å². The Morgan fingerprint density at radius 3 is 1.76 bits per heavy atom. The topological polar surface area (TPSA) is 27.7 Å². The van der Waals surface area contributed by atoms with Gasteiger partial charge in [-0.15, -0.1) is 0 Å². The molecule has 3 nitrogen and oxygen atoms in total. The van der Waals surface area contributed by atoms with E-state index in [2.05, 4.69) is 40.8 Å². The normalized spacial score (nSPS) is 12.3. The van der Waals surface area contributed by atoms with Crippen LogP contribution in [-0.4, -0.2) is 28.1 Å². The average molecular weight is 311 g/mol. The summed E-state index contributed by atoms with van der Waals surface area (Å²) in [5.41, 5.74) is 0. The van der Waals surface area contributed by atoms with Gasteiger partial charge in [-0.3, -0.25) is 0 Å². The van der Waals surface area contributed by atoms with Gasteiger partial charge in [0.25, 0.3) is 0 Å². The van der Waals surface area contributed by atoms with Crippen molar-refractivity contribution in [3.63, 3.8) is 0 Å². The maximum atomic E-state index is 6.08. The summed E-state index contributed by atoms with van der Waals surface area (Å²) in [6, 6.07) is 7.77. The molecule has 1 aromatic rings. The molecule has 0 atom stereocenters. The highest BCUT2D eigenvalue weighted by Crippen LogP contribution is 2.36. The third-order valence-corrected chi connectivity index (χ3v) is 8.46. The molecule has 0 bridgehead atoms. The monoisotopic (exact) mass is 310 g/mol. The first-order valence-corrected chi connectivity index (χ1v) is 10.7. The minimum atomic E-state index is -1.67. The Balaban J connectivity index is 2.33. The molecule has 0 aliphatic heterocycles. The molecule has 0 aliphatic carbocycles. The second kappa shape index (κ2) is 7.85. The maximum Gasteiger partial charge on any atom is 0.192 e. The molecule has 0 unspecified atom stereocenters. The predicted octanol–water partition coefficient (Wildman–Crippen LogP) is 4.88. The fourth-order valence-electron chi connectivity index (χ4n) is 1.52. The van der Waals surface area contributed by atoms with Crippen molar-refractivity contribution >= 4 is 8.32 Å². The largest absolute Gasteiger partial charge is 0.494 e. The summed E-state index contributed by atoms with van der Waals surface area (Å²) in [6.07, 6.45) is 1.02. The van der Waals surface area contributed by atoms with Gasteiger partial charge in [-0.05, 0) is 48.8 Å². The molecular weight excluding hydrogens is 280 g/mol. The summed E-state index contributed by atoms with van der Waals surface area (Å²) < 4.78 is 17.3. The maximum absolute atomic E-state index is 6.08. The Morgan fingerprint density at radius 1 is 0.857 bits per heavy atom. The molecule has 0 fully saturated rings. The van der Waals surface area contributed by atoms with Crippen LogP contribution in [0.4, 0.5) is 0 Å². The highest BCUT2D eigenvalue weighted by Gasteiger charge is 2.36. The lowest BCUT2D eigenvalue weighted by atomic mass is 10.2. The quantitative estimate of drug-likeness (QED) is 0.506. The third-order valence-electron chi connectivity index (χ3n) is 3.92. The highest BCUT2D eigenvalue weighted by molar-refractivity contribution is 6.74.